The largest absolute Gasteiger partial charge is 0.377 e. The Balaban J connectivity index is 1.81. The van der Waals surface area contributed by atoms with Gasteiger partial charge in [-0.2, -0.15) is 0 Å². The Hall–Kier alpha value is -2.03. The summed E-state index contributed by atoms with van der Waals surface area (Å²) in [7, 11) is 0. The molecular weight excluding hydrogens is 350 g/mol. The van der Waals surface area contributed by atoms with Crippen LogP contribution in [0.4, 0.5) is 0 Å². The standard InChI is InChI=1S/C19H31N3O5/c20-17(15-23)14-19(25)22-9-11-27-13-12-26-10-8-21-18(24)7-3-6-16-4-1-2-5-16/h1-2,4,15,17H,3,5-14,20H2,(H,21,24)(H,22,25). The summed E-state index contributed by atoms with van der Waals surface area (Å²) in [6.07, 6.45) is 10.2. The van der Waals surface area contributed by atoms with Crippen molar-refractivity contribution in [2.45, 2.75) is 38.1 Å². The molecule has 8 nitrogen and oxygen atoms in total. The van der Waals surface area contributed by atoms with Crippen molar-refractivity contribution < 1.29 is 23.9 Å². The first kappa shape index (κ1) is 23.0. The molecule has 0 saturated heterocycles. The van der Waals surface area contributed by atoms with E-state index in [9.17, 15) is 14.4 Å². The van der Waals surface area contributed by atoms with Gasteiger partial charge in [-0.1, -0.05) is 23.8 Å². The number of allylic oxidation sites excluding steroid dienone is 4. The maximum Gasteiger partial charge on any atom is 0.222 e. The van der Waals surface area contributed by atoms with Gasteiger partial charge in [0.25, 0.3) is 0 Å². The zero-order chi connectivity index (χ0) is 19.7. The van der Waals surface area contributed by atoms with Gasteiger partial charge in [-0.05, 0) is 19.3 Å². The monoisotopic (exact) mass is 381 g/mol. The Morgan fingerprint density at radius 1 is 1.11 bits per heavy atom. The van der Waals surface area contributed by atoms with Gasteiger partial charge in [-0.25, -0.2) is 0 Å². The van der Waals surface area contributed by atoms with Crippen LogP contribution in [0.3, 0.4) is 0 Å². The van der Waals surface area contributed by atoms with Gasteiger partial charge in [0.1, 0.15) is 6.29 Å². The lowest BCUT2D eigenvalue weighted by Gasteiger charge is -2.09. The van der Waals surface area contributed by atoms with Gasteiger partial charge >= 0.3 is 0 Å². The number of ether oxygens (including phenoxy) is 2. The minimum atomic E-state index is -0.762. The number of hydrogen-bond acceptors (Lipinski definition) is 6. The normalized spacial score (nSPS) is 13.9. The third-order valence-electron chi connectivity index (χ3n) is 3.85. The predicted octanol–water partition coefficient (Wildman–Crippen LogP) is 0.225. The van der Waals surface area contributed by atoms with Crippen molar-refractivity contribution in [3.05, 3.63) is 23.8 Å². The summed E-state index contributed by atoms with van der Waals surface area (Å²) >= 11 is 0. The van der Waals surface area contributed by atoms with Crippen molar-refractivity contribution in [1.29, 1.82) is 0 Å². The molecule has 0 saturated carbocycles. The van der Waals surface area contributed by atoms with Crippen LogP contribution in [0.15, 0.2) is 23.8 Å². The Labute approximate surface area is 160 Å². The first-order valence-electron chi connectivity index (χ1n) is 9.36. The van der Waals surface area contributed by atoms with E-state index >= 15 is 0 Å². The Morgan fingerprint density at radius 3 is 2.37 bits per heavy atom. The van der Waals surface area contributed by atoms with E-state index in [1.165, 1.54) is 5.57 Å². The van der Waals surface area contributed by atoms with E-state index in [0.717, 1.165) is 19.3 Å². The van der Waals surface area contributed by atoms with Crippen LogP contribution < -0.4 is 16.4 Å². The Morgan fingerprint density at radius 2 is 1.78 bits per heavy atom. The van der Waals surface area contributed by atoms with Crippen LogP contribution in [-0.4, -0.2) is 63.7 Å². The second-order valence-corrected chi connectivity index (χ2v) is 6.24. The van der Waals surface area contributed by atoms with E-state index in [4.69, 9.17) is 15.2 Å². The lowest BCUT2D eigenvalue weighted by molar-refractivity contribution is -0.123. The molecule has 8 heteroatoms. The summed E-state index contributed by atoms with van der Waals surface area (Å²) in [5, 5.41) is 5.44. The third-order valence-corrected chi connectivity index (χ3v) is 3.85. The third kappa shape index (κ3) is 12.9. The van der Waals surface area contributed by atoms with Crippen LogP contribution in [-0.2, 0) is 23.9 Å². The molecule has 27 heavy (non-hydrogen) atoms. The van der Waals surface area contributed by atoms with Crippen molar-refractivity contribution in [2.24, 2.45) is 5.73 Å². The predicted molar refractivity (Wildman–Crippen MR) is 102 cm³/mol. The maximum atomic E-state index is 11.7. The quantitative estimate of drug-likeness (QED) is 0.260. The number of nitrogens with two attached hydrogens (primary N) is 1. The Bertz CT molecular complexity index is 519. The first-order chi connectivity index (χ1) is 13.1. The van der Waals surface area contributed by atoms with E-state index in [1.54, 1.807) is 0 Å². The molecule has 1 aliphatic rings. The molecule has 0 fully saturated rings. The summed E-state index contributed by atoms with van der Waals surface area (Å²) in [6, 6.07) is -0.762. The smallest absolute Gasteiger partial charge is 0.222 e. The van der Waals surface area contributed by atoms with Gasteiger partial charge in [0.2, 0.25) is 11.8 Å². The van der Waals surface area contributed by atoms with E-state index in [-0.39, 0.29) is 18.2 Å². The molecule has 2 amide bonds. The molecule has 0 aromatic rings. The van der Waals surface area contributed by atoms with Crippen LogP contribution in [0.1, 0.15) is 32.1 Å². The highest BCUT2D eigenvalue weighted by Gasteiger charge is 2.07. The summed E-state index contributed by atoms with van der Waals surface area (Å²) in [6.45, 7) is 2.45. The number of amides is 2. The summed E-state index contributed by atoms with van der Waals surface area (Å²) < 4.78 is 10.7. The highest BCUT2D eigenvalue weighted by molar-refractivity contribution is 5.80. The number of carbonyl (C=O) groups excluding carboxylic acids is 3. The fourth-order valence-electron chi connectivity index (χ4n) is 2.42. The van der Waals surface area contributed by atoms with Gasteiger partial charge in [0.05, 0.1) is 32.5 Å². The molecule has 1 aliphatic carbocycles. The number of aldehydes is 1. The number of rotatable bonds is 16. The minimum absolute atomic E-state index is 0.0204. The van der Waals surface area contributed by atoms with Crippen LogP contribution in [0.2, 0.25) is 0 Å². The number of nitrogens with one attached hydrogen (secondary N) is 2. The molecule has 4 N–H and O–H groups in total. The number of carbonyl (C=O) groups is 3. The fourth-order valence-corrected chi connectivity index (χ4v) is 2.42. The molecule has 0 aromatic carbocycles. The summed E-state index contributed by atoms with van der Waals surface area (Å²) in [5.41, 5.74) is 6.73. The molecule has 0 heterocycles. The average Bonchev–Trinajstić information content (AvgIpc) is 3.16. The van der Waals surface area contributed by atoms with Crippen LogP contribution >= 0.6 is 0 Å². The van der Waals surface area contributed by atoms with Gasteiger partial charge in [0, 0.05) is 25.9 Å². The van der Waals surface area contributed by atoms with Crippen molar-refractivity contribution in [2.75, 3.05) is 39.5 Å². The highest BCUT2D eigenvalue weighted by Crippen LogP contribution is 2.16. The lowest BCUT2D eigenvalue weighted by atomic mass is 10.1. The van der Waals surface area contributed by atoms with E-state index in [1.807, 2.05) is 0 Å². The van der Waals surface area contributed by atoms with E-state index in [2.05, 4.69) is 28.9 Å². The van der Waals surface area contributed by atoms with Crippen LogP contribution in [0.25, 0.3) is 0 Å². The van der Waals surface area contributed by atoms with Crippen LogP contribution in [0, 0.1) is 0 Å². The van der Waals surface area contributed by atoms with Crippen molar-refractivity contribution in [1.82, 2.24) is 10.6 Å². The molecule has 1 atom stereocenters. The lowest BCUT2D eigenvalue weighted by Crippen LogP contribution is -2.34. The van der Waals surface area contributed by atoms with Crippen molar-refractivity contribution in [3.8, 4) is 0 Å². The zero-order valence-electron chi connectivity index (χ0n) is 15.8. The number of hydrogen-bond donors (Lipinski definition) is 3. The van der Waals surface area contributed by atoms with Crippen molar-refractivity contribution >= 4 is 18.1 Å². The van der Waals surface area contributed by atoms with E-state index < -0.39 is 6.04 Å². The summed E-state index contributed by atoms with van der Waals surface area (Å²) in [4.78, 5) is 33.3. The highest BCUT2D eigenvalue weighted by atomic mass is 16.5. The summed E-state index contributed by atoms with van der Waals surface area (Å²) in [5.74, 6) is -0.228. The molecule has 0 radical (unpaired) electrons. The second kappa shape index (κ2) is 15.1. The molecule has 0 bridgehead atoms. The minimum Gasteiger partial charge on any atom is -0.377 e. The maximum absolute atomic E-state index is 11.7. The molecule has 1 unspecified atom stereocenters. The molecule has 0 aromatic heterocycles. The zero-order valence-corrected chi connectivity index (χ0v) is 15.8. The Kier molecular flexibility index (Phi) is 12.8. The van der Waals surface area contributed by atoms with Crippen molar-refractivity contribution in [3.63, 3.8) is 0 Å². The van der Waals surface area contributed by atoms with Gasteiger partial charge < -0.3 is 30.6 Å². The molecular formula is C19H31N3O5. The van der Waals surface area contributed by atoms with Gasteiger partial charge in [0.15, 0.2) is 0 Å². The van der Waals surface area contributed by atoms with E-state index in [0.29, 0.717) is 52.2 Å². The average molecular weight is 381 g/mol. The van der Waals surface area contributed by atoms with Gasteiger partial charge in [-0.3, -0.25) is 9.59 Å². The topological polar surface area (TPSA) is 120 Å². The first-order valence-corrected chi connectivity index (χ1v) is 9.36. The van der Waals surface area contributed by atoms with Crippen LogP contribution in [0.5, 0.6) is 0 Å². The SMILES string of the molecule is NC(C=O)CC(=O)NCCOCCOCCNC(=O)CCCC1=CC=CC1. The molecule has 0 spiro atoms. The molecule has 1 rings (SSSR count). The van der Waals surface area contributed by atoms with Gasteiger partial charge in [-0.15, -0.1) is 0 Å². The fraction of sp³-hybridized carbons (Fsp3) is 0.632. The second-order valence-electron chi connectivity index (χ2n) is 6.24. The molecule has 152 valence electrons. The molecule has 0 aliphatic heterocycles.